The van der Waals surface area contributed by atoms with E-state index in [-0.39, 0.29) is 6.03 Å². The van der Waals surface area contributed by atoms with Gasteiger partial charge in [-0.15, -0.1) is 0 Å². The number of piperazine rings is 1. The van der Waals surface area contributed by atoms with Gasteiger partial charge in [-0.05, 0) is 54.1 Å². The molecule has 30 heavy (non-hydrogen) atoms. The molecule has 1 aliphatic heterocycles. The maximum Gasteiger partial charge on any atom is 0.323 e. The number of amides is 2. The van der Waals surface area contributed by atoms with Crippen molar-refractivity contribution >= 4 is 34.8 Å². The van der Waals surface area contributed by atoms with E-state index in [0.29, 0.717) is 10.7 Å². The molecule has 3 aromatic rings. The highest BCUT2D eigenvalue weighted by atomic mass is 35.5. The first kappa shape index (κ1) is 20.2. The third-order valence-corrected chi connectivity index (χ3v) is 5.32. The number of anilines is 3. The molecule has 1 aromatic heterocycles. The number of hydrogen-bond donors (Lipinski definition) is 2. The molecule has 0 atom stereocenters. The van der Waals surface area contributed by atoms with E-state index < -0.39 is 0 Å². The summed E-state index contributed by atoms with van der Waals surface area (Å²) in [6.07, 6.45) is 1.84. The Morgan fingerprint density at radius 2 is 1.50 bits per heavy atom. The Hall–Kier alpha value is -3.09. The maximum atomic E-state index is 12.1. The quantitative estimate of drug-likeness (QED) is 0.626. The lowest BCUT2D eigenvalue weighted by atomic mass is 10.1. The van der Waals surface area contributed by atoms with Crippen LogP contribution in [0, 0.1) is 0 Å². The molecule has 2 aromatic carbocycles. The highest BCUT2D eigenvalue weighted by Crippen LogP contribution is 2.17. The number of nitrogens with one attached hydrogen (secondary N) is 2. The zero-order valence-electron chi connectivity index (χ0n) is 16.6. The number of halogens is 1. The Kier molecular flexibility index (Phi) is 6.47. The summed E-state index contributed by atoms with van der Waals surface area (Å²) in [4.78, 5) is 21.3. The van der Waals surface area contributed by atoms with Crippen LogP contribution in [0.15, 0.2) is 72.9 Å². The molecule has 0 unspecified atom stereocenters. The van der Waals surface area contributed by atoms with Crippen LogP contribution in [0.25, 0.3) is 0 Å². The van der Waals surface area contributed by atoms with Crippen molar-refractivity contribution in [3.8, 4) is 0 Å². The van der Waals surface area contributed by atoms with Crippen LogP contribution in [0.3, 0.4) is 0 Å². The molecule has 0 bridgehead atoms. The first-order valence-corrected chi connectivity index (χ1v) is 10.3. The van der Waals surface area contributed by atoms with Crippen LogP contribution in [-0.2, 0) is 6.54 Å². The molecular weight excluding hydrogens is 398 g/mol. The Morgan fingerprint density at radius 1 is 0.867 bits per heavy atom. The Balaban J connectivity index is 1.25. The van der Waals surface area contributed by atoms with Gasteiger partial charge in [-0.2, -0.15) is 0 Å². The predicted molar refractivity (Wildman–Crippen MR) is 122 cm³/mol. The maximum absolute atomic E-state index is 12.1. The second kappa shape index (κ2) is 9.61. The summed E-state index contributed by atoms with van der Waals surface area (Å²) < 4.78 is 0. The highest BCUT2D eigenvalue weighted by Gasteiger charge is 2.17. The van der Waals surface area contributed by atoms with E-state index in [9.17, 15) is 4.79 Å². The van der Waals surface area contributed by atoms with E-state index in [1.165, 1.54) is 5.56 Å². The standard InChI is InChI=1S/C23H24ClN5O/c24-19-6-10-21(11-7-19)27-23(30)26-20-8-4-18(5-9-20)17-28-13-15-29(16-14-28)22-3-1-2-12-25-22/h1-12H,13-17H2,(H2,26,27,30). The summed E-state index contributed by atoms with van der Waals surface area (Å²) in [6.45, 7) is 4.84. The number of hydrogen-bond acceptors (Lipinski definition) is 4. The van der Waals surface area contributed by atoms with E-state index in [2.05, 4.69) is 43.6 Å². The number of pyridine rings is 1. The van der Waals surface area contributed by atoms with Gasteiger partial charge in [0, 0.05) is 55.3 Å². The van der Waals surface area contributed by atoms with E-state index in [1.807, 2.05) is 30.5 Å². The summed E-state index contributed by atoms with van der Waals surface area (Å²) >= 11 is 5.86. The SMILES string of the molecule is O=C(Nc1ccc(Cl)cc1)Nc1ccc(CN2CCN(c3ccccn3)CC2)cc1. The lowest BCUT2D eigenvalue weighted by Crippen LogP contribution is -2.46. The molecule has 0 aliphatic carbocycles. The van der Waals surface area contributed by atoms with Crippen molar-refractivity contribution in [3.63, 3.8) is 0 Å². The first-order chi connectivity index (χ1) is 14.7. The third kappa shape index (κ3) is 5.49. The van der Waals surface area contributed by atoms with Gasteiger partial charge in [-0.3, -0.25) is 4.90 Å². The van der Waals surface area contributed by atoms with Crippen LogP contribution in [0.5, 0.6) is 0 Å². The molecule has 7 heteroatoms. The minimum Gasteiger partial charge on any atom is -0.354 e. The number of benzene rings is 2. The number of rotatable bonds is 5. The van der Waals surface area contributed by atoms with Crippen LogP contribution < -0.4 is 15.5 Å². The van der Waals surface area contributed by atoms with Crippen LogP contribution in [-0.4, -0.2) is 42.1 Å². The minimum atomic E-state index is -0.282. The highest BCUT2D eigenvalue weighted by molar-refractivity contribution is 6.30. The predicted octanol–water partition coefficient (Wildman–Crippen LogP) is 4.70. The van der Waals surface area contributed by atoms with E-state index in [4.69, 9.17) is 11.6 Å². The Morgan fingerprint density at radius 3 is 2.10 bits per heavy atom. The normalized spacial score (nSPS) is 14.4. The summed E-state index contributed by atoms with van der Waals surface area (Å²) in [5.74, 6) is 1.05. The van der Waals surface area contributed by atoms with E-state index in [0.717, 1.165) is 44.2 Å². The third-order valence-electron chi connectivity index (χ3n) is 5.07. The monoisotopic (exact) mass is 421 g/mol. The fraction of sp³-hybridized carbons (Fsp3) is 0.217. The van der Waals surface area contributed by atoms with Crippen molar-refractivity contribution in [2.24, 2.45) is 0 Å². The number of carbonyl (C=O) groups is 1. The number of nitrogens with zero attached hydrogens (tertiary/aromatic N) is 3. The van der Waals surface area contributed by atoms with Crippen LogP contribution in [0.2, 0.25) is 5.02 Å². The molecule has 2 N–H and O–H groups in total. The smallest absolute Gasteiger partial charge is 0.323 e. The second-order valence-corrected chi connectivity index (χ2v) is 7.67. The van der Waals surface area contributed by atoms with Crippen molar-refractivity contribution in [2.75, 3.05) is 41.7 Å². The average Bonchev–Trinajstić information content (AvgIpc) is 2.78. The molecule has 154 valence electrons. The van der Waals surface area contributed by atoms with Crippen molar-refractivity contribution in [1.29, 1.82) is 0 Å². The van der Waals surface area contributed by atoms with Crippen LogP contribution >= 0.6 is 11.6 Å². The molecule has 4 rings (SSSR count). The van der Waals surface area contributed by atoms with Crippen molar-refractivity contribution in [2.45, 2.75) is 6.54 Å². The van der Waals surface area contributed by atoms with Gasteiger partial charge < -0.3 is 15.5 Å². The molecule has 1 saturated heterocycles. The minimum absolute atomic E-state index is 0.282. The van der Waals surface area contributed by atoms with Gasteiger partial charge in [-0.25, -0.2) is 9.78 Å². The summed E-state index contributed by atoms with van der Waals surface area (Å²) in [5, 5.41) is 6.27. The zero-order valence-corrected chi connectivity index (χ0v) is 17.3. The fourth-order valence-corrected chi connectivity index (χ4v) is 3.58. The lowest BCUT2D eigenvalue weighted by Gasteiger charge is -2.35. The average molecular weight is 422 g/mol. The second-order valence-electron chi connectivity index (χ2n) is 7.23. The molecule has 0 radical (unpaired) electrons. The van der Waals surface area contributed by atoms with Crippen molar-refractivity contribution < 1.29 is 4.79 Å². The Bertz CT molecular complexity index is 955. The van der Waals surface area contributed by atoms with Gasteiger partial charge >= 0.3 is 6.03 Å². The number of urea groups is 1. The molecule has 0 saturated carbocycles. The van der Waals surface area contributed by atoms with Crippen LogP contribution in [0.1, 0.15) is 5.56 Å². The van der Waals surface area contributed by atoms with Crippen molar-refractivity contribution in [1.82, 2.24) is 9.88 Å². The Labute approximate surface area is 181 Å². The molecule has 1 aliphatic rings. The van der Waals surface area contributed by atoms with Gasteiger partial charge in [0.2, 0.25) is 0 Å². The molecule has 2 amide bonds. The molecule has 2 heterocycles. The van der Waals surface area contributed by atoms with Gasteiger partial charge in [0.25, 0.3) is 0 Å². The summed E-state index contributed by atoms with van der Waals surface area (Å²) in [6, 6.07) is 20.7. The fourth-order valence-electron chi connectivity index (χ4n) is 3.45. The first-order valence-electron chi connectivity index (χ1n) is 9.96. The summed E-state index contributed by atoms with van der Waals surface area (Å²) in [7, 11) is 0. The summed E-state index contributed by atoms with van der Waals surface area (Å²) in [5.41, 5.74) is 2.67. The van der Waals surface area contributed by atoms with Gasteiger partial charge in [0.15, 0.2) is 0 Å². The molecular formula is C23H24ClN5O. The number of carbonyl (C=O) groups excluding carboxylic acids is 1. The lowest BCUT2D eigenvalue weighted by molar-refractivity contribution is 0.249. The van der Waals surface area contributed by atoms with E-state index in [1.54, 1.807) is 24.3 Å². The topological polar surface area (TPSA) is 60.5 Å². The number of aromatic nitrogens is 1. The van der Waals surface area contributed by atoms with Crippen LogP contribution in [0.4, 0.5) is 22.0 Å². The largest absolute Gasteiger partial charge is 0.354 e. The molecule has 1 fully saturated rings. The van der Waals surface area contributed by atoms with Gasteiger partial charge in [0.05, 0.1) is 0 Å². The van der Waals surface area contributed by atoms with E-state index >= 15 is 0 Å². The molecule has 6 nitrogen and oxygen atoms in total. The van der Waals surface area contributed by atoms with Gasteiger partial charge in [0.1, 0.15) is 5.82 Å². The molecule has 0 spiro atoms. The van der Waals surface area contributed by atoms with Gasteiger partial charge in [-0.1, -0.05) is 29.8 Å². The zero-order chi connectivity index (χ0) is 20.8. The van der Waals surface area contributed by atoms with Crippen molar-refractivity contribution in [3.05, 3.63) is 83.5 Å².